The molecule has 2 aliphatic carbocycles. The van der Waals surface area contributed by atoms with Crippen molar-refractivity contribution in [2.45, 2.75) is 77.9 Å². The van der Waals surface area contributed by atoms with Crippen LogP contribution >= 0.6 is 0 Å². The van der Waals surface area contributed by atoms with Gasteiger partial charge in [0.2, 0.25) is 0 Å². The third kappa shape index (κ3) is 5.79. The number of aliphatic hydroxyl groups excluding tert-OH is 2. The van der Waals surface area contributed by atoms with Gasteiger partial charge in [-0.05, 0) is 54.9 Å². The maximum Gasteiger partial charge on any atom is 0.136 e. The van der Waals surface area contributed by atoms with E-state index in [1.165, 1.54) is 18.4 Å². The molecule has 2 aliphatic rings. The van der Waals surface area contributed by atoms with Crippen LogP contribution in [0.1, 0.15) is 64.9 Å². The van der Waals surface area contributed by atoms with Crippen molar-refractivity contribution in [2.24, 2.45) is 29.6 Å². The molecule has 0 aromatic heterocycles. The molecule has 2 fully saturated rings. The molecule has 3 nitrogen and oxygen atoms in total. The number of carbonyl (C=O) groups is 1. The molecule has 29 heavy (non-hydrogen) atoms. The Balaban J connectivity index is 1.83. The van der Waals surface area contributed by atoms with Crippen molar-refractivity contribution in [3.8, 4) is 0 Å². The summed E-state index contributed by atoms with van der Waals surface area (Å²) >= 11 is 0. The second kappa shape index (κ2) is 10.0. The zero-order valence-corrected chi connectivity index (χ0v) is 18.3. The lowest BCUT2D eigenvalue weighted by molar-refractivity contribution is -0.117. The van der Waals surface area contributed by atoms with Gasteiger partial charge in [-0.25, -0.2) is 0 Å². The Bertz CT molecular complexity index is 693. The summed E-state index contributed by atoms with van der Waals surface area (Å²) in [6.07, 6.45) is 6.59. The second-order valence-electron chi connectivity index (χ2n) is 9.81. The van der Waals surface area contributed by atoms with Crippen LogP contribution in [0, 0.1) is 29.6 Å². The highest BCUT2D eigenvalue weighted by atomic mass is 16.3. The third-order valence-electron chi connectivity index (χ3n) is 7.18. The van der Waals surface area contributed by atoms with Gasteiger partial charge in [0.05, 0.1) is 12.2 Å². The van der Waals surface area contributed by atoms with Gasteiger partial charge in [0.25, 0.3) is 0 Å². The number of aliphatic hydroxyl groups is 2. The Morgan fingerprint density at radius 3 is 2.48 bits per heavy atom. The van der Waals surface area contributed by atoms with Crippen LogP contribution < -0.4 is 0 Å². The first-order chi connectivity index (χ1) is 13.8. The minimum absolute atomic E-state index is 0.120. The summed E-state index contributed by atoms with van der Waals surface area (Å²) < 4.78 is 0. The predicted molar refractivity (Wildman–Crippen MR) is 117 cm³/mol. The van der Waals surface area contributed by atoms with Gasteiger partial charge in [0, 0.05) is 18.8 Å². The Morgan fingerprint density at radius 2 is 1.86 bits per heavy atom. The Morgan fingerprint density at radius 1 is 1.14 bits per heavy atom. The second-order valence-corrected chi connectivity index (χ2v) is 9.81. The summed E-state index contributed by atoms with van der Waals surface area (Å²) in [6.45, 7) is 6.88. The first-order valence-corrected chi connectivity index (χ1v) is 11.5. The van der Waals surface area contributed by atoms with Crippen molar-refractivity contribution >= 4 is 5.78 Å². The van der Waals surface area contributed by atoms with Crippen LogP contribution in [0.4, 0.5) is 0 Å². The van der Waals surface area contributed by atoms with Crippen LogP contribution in [0.3, 0.4) is 0 Å². The minimum Gasteiger partial charge on any atom is -0.392 e. The molecule has 160 valence electrons. The predicted octanol–water partition coefficient (Wildman–Crippen LogP) is 4.95. The summed E-state index contributed by atoms with van der Waals surface area (Å²) in [7, 11) is 0. The maximum absolute atomic E-state index is 12.1. The van der Waals surface area contributed by atoms with Gasteiger partial charge < -0.3 is 10.2 Å². The van der Waals surface area contributed by atoms with E-state index in [1.54, 1.807) is 0 Å². The van der Waals surface area contributed by atoms with E-state index in [0.29, 0.717) is 36.5 Å². The van der Waals surface area contributed by atoms with Crippen molar-refractivity contribution in [2.75, 3.05) is 0 Å². The van der Waals surface area contributed by atoms with Gasteiger partial charge in [-0.1, -0.05) is 69.2 Å². The standard InChI is InChI=1S/C26H38O3/c1-17(2)22-12-9-18(3)13-23(22)24(25-15-21(28)16-26(25)29)14-20(27)11-10-19-7-5-4-6-8-19/h4-8,14,17-18,20,22-23,25-27,29H,9-13,15-16H2,1-3H3/t18-,20+,22?,23?,25-,26-/m1/s1. The van der Waals surface area contributed by atoms with Gasteiger partial charge in [0.1, 0.15) is 5.78 Å². The molecule has 2 N–H and O–H groups in total. The highest BCUT2D eigenvalue weighted by Crippen LogP contribution is 2.46. The summed E-state index contributed by atoms with van der Waals surface area (Å²) in [4.78, 5) is 12.1. The van der Waals surface area contributed by atoms with Crippen molar-refractivity contribution < 1.29 is 15.0 Å². The number of ketones is 1. The fraction of sp³-hybridized carbons (Fsp3) is 0.654. The molecule has 3 heteroatoms. The molecule has 2 saturated carbocycles. The molecule has 0 bridgehead atoms. The quantitative estimate of drug-likeness (QED) is 0.639. The van der Waals surface area contributed by atoms with E-state index in [0.717, 1.165) is 18.4 Å². The minimum atomic E-state index is -0.597. The first-order valence-electron chi connectivity index (χ1n) is 11.5. The summed E-state index contributed by atoms with van der Waals surface area (Å²) in [6, 6.07) is 10.2. The summed E-state index contributed by atoms with van der Waals surface area (Å²) in [5, 5.41) is 21.5. The lowest BCUT2D eigenvalue weighted by Gasteiger charge is -2.41. The third-order valence-corrected chi connectivity index (χ3v) is 7.18. The van der Waals surface area contributed by atoms with E-state index in [4.69, 9.17) is 0 Å². The summed E-state index contributed by atoms with van der Waals surface area (Å²) in [5.74, 6) is 2.15. The van der Waals surface area contributed by atoms with Crippen LogP contribution in [0.2, 0.25) is 0 Å². The molecule has 0 amide bonds. The van der Waals surface area contributed by atoms with Crippen LogP contribution in [0.25, 0.3) is 0 Å². The SMILES string of the molecule is CC(C)C1CC[C@@H](C)CC1C(=C[C@@H](O)CCc1ccccc1)[C@H]1CC(=O)C[C@H]1O. The van der Waals surface area contributed by atoms with E-state index in [9.17, 15) is 15.0 Å². The molecule has 2 unspecified atom stereocenters. The normalized spacial score (nSPS) is 32.0. The highest BCUT2D eigenvalue weighted by Gasteiger charge is 2.41. The highest BCUT2D eigenvalue weighted by molar-refractivity contribution is 5.82. The van der Waals surface area contributed by atoms with Gasteiger partial charge in [-0.15, -0.1) is 0 Å². The molecular formula is C26H38O3. The molecule has 0 aliphatic heterocycles. The van der Waals surface area contributed by atoms with Crippen LogP contribution in [-0.2, 0) is 11.2 Å². The van der Waals surface area contributed by atoms with Crippen molar-refractivity contribution in [3.63, 3.8) is 0 Å². The number of aryl methyl sites for hydroxylation is 1. The number of benzene rings is 1. The molecule has 6 atom stereocenters. The fourth-order valence-electron chi connectivity index (χ4n) is 5.55. The van der Waals surface area contributed by atoms with Crippen LogP contribution in [-0.4, -0.2) is 28.2 Å². The average molecular weight is 399 g/mol. The van der Waals surface area contributed by atoms with E-state index in [2.05, 4.69) is 32.9 Å². The Labute approximate surface area is 176 Å². The zero-order valence-electron chi connectivity index (χ0n) is 18.3. The average Bonchev–Trinajstić information content (AvgIpc) is 3.02. The molecule has 1 aromatic carbocycles. The van der Waals surface area contributed by atoms with Gasteiger partial charge in [-0.3, -0.25) is 4.79 Å². The smallest absolute Gasteiger partial charge is 0.136 e. The van der Waals surface area contributed by atoms with E-state index >= 15 is 0 Å². The molecule has 0 heterocycles. The monoisotopic (exact) mass is 398 g/mol. The molecule has 0 spiro atoms. The lowest BCUT2D eigenvalue weighted by Crippen LogP contribution is -2.33. The Kier molecular flexibility index (Phi) is 7.70. The lowest BCUT2D eigenvalue weighted by atomic mass is 9.64. The molecule has 1 aromatic rings. The van der Waals surface area contributed by atoms with Gasteiger partial charge in [0.15, 0.2) is 0 Å². The fourth-order valence-corrected chi connectivity index (χ4v) is 5.55. The first kappa shape index (κ1) is 22.2. The van der Waals surface area contributed by atoms with Gasteiger partial charge >= 0.3 is 0 Å². The van der Waals surface area contributed by atoms with Crippen molar-refractivity contribution in [3.05, 3.63) is 47.5 Å². The number of Topliss-reactive ketones (excluding diaryl/α,β-unsaturated/α-hetero) is 1. The van der Waals surface area contributed by atoms with Crippen molar-refractivity contribution in [1.29, 1.82) is 0 Å². The molecule has 0 radical (unpaired) electrons. The molecule has 0 saturated heterocycles. The topological polar surface area (TPSA) is 57.5 Å². The van der Waals surface area contributed by atoms with Gasteiger partial charge in [-0.2, -0.15) is 0 Å². The molecule has 3 rings (SSSR count). The molecular weight excluding hydrogens is 360 g/mol. The van der Waals surface area contributed by atoms with Crippen LogP contribution in [0.15, 0.2) is 42.0 Å². The van der Waals surface area contributed by atoms with E-state index in [-0.39, 0.29) is 18.1 Å². The largest absolute Gasteiger partial charge is 0.392 e. The van der Waals surface area contributed by atoms with E-state index in [1.807, 2.05) is 24.3 Å². The Hall–Kier alpha value is -1.45. The zero-order chi connectivity index (χ0) is 21.0. The number of hydrogen-bond donors (Lipinski definition) is 2. The number of hydrogen-bond acceptors (Lipinski definition) is 3. The summed E-state index contributed by atoms with van der Waals surface area (Å²) in [5.41, 5.74) is 2.39. The van der Waals surface area contributed by atoms with E-state index < -0.39 is 12.2 Å². The van der Waals surface area contributed by atoms with Crippen LogP contribution in [0.5, 0.6) is 0 Å². The maximum atomic E-state index is 12.1. The number of carbonyl (C=O) groups excluding carboxylic acids is 1. The van der Waals surface area contributed by atoms with Crippen molar-refractivity contribution in [1.82, 2.24) is 0 Å². The number of rotatable bonds is 7.